The van der Waals surface area contributed by atoms with Gasteiger partial charge < -0.3 is 15.3 Å². The summed E-state index contributed by atoms with van der Waals surface area (Å²) < 4.78 is 8.48. The average molecular weight is 282 g/mol. The molecule has 0 saturated carbocycles. The van der Waals surface area contributed by atoms with Crippen LogP contribution in [0.25, 0.3) is 0 Å². The zero-order chi connectivity index (χ0) is 11.4. The van der Waals surface area contributed by atoms with Crippen LogP contribution in [0.1, 0.15) is 40.0 Å². The molecular formula is C9H22MgO4PS+. The van der Waals surface area contributed by atoms with Crippen LogP contribution in [0, 0.1) is 0 Å². The molecule has 0 bridgehead atoms. The normalized spacial score (nSPS) is 8.38. The molecule has 0 radical (unpaired) electrons. The molecule has 0 saturated heterocycles. The Labute approximate surface area is 119 Å². The van der Waals surface area contributed by atoms with Crippen molar-refractivity contribution < 1.29 is 19.8 Å². The molecule has 0 aliphatic rings. The van der Waals surface area contributed by atoms with Crippen molar-refractivity contribution in [2.24, 2.45) is 0 Å². The van der Waals surface area contributed by atoms with Gasteiger partial charge in [0.25, 0.3) is 8.25 Å². The third-order valence-electron chi connectivity index (χ3n) is 1.48. The maximum Gasteiger partial charge on any atom is 2.00 e. The van der Waals surface area contributed by atoms with E-state index in [-0.39, 0.29) is 28.5 Å². The first kappa shape index (κ1) is 25.8. The molecular weight excluding hydrogens is 259 g/mol. The van der Waals surface area contributed by atoms with Crippen LogP contribution in [0.15, 0.2) is 0 Å². The van der Waals surface area contributed by atoms with Gasteiger partial charge in [0, 0.05) is 0 Å². The molecule has 0 aromatic rings. The van der Waals surface area contributed by atoms with E-state index in [2.05, 4.69) is 20.8 Å². The summed E-state index contributed by atoms with van der Waals surface area (Å²) in [7, 11) is -2.59. The summed E-state index contributed by atoms with van der Waals surface area (Å²) in [6.07, 6.45) is 4.13. The van der Waals surface area contributed by atoms with Crippen LogP contribution in [0.2, 0.25) is 0 Å². The second-order valence-electron chi connectivity index (χ2n) is 2.95. The number of hydrogen-bond acceptors (Lipinski definition) is 4. The van der Waals surface area contributed by atoms with E-state index in [9.17, 15) is 0 Å². The smallest absolute Gasteiger partial charge is 0.870 e. The van der Waals surface area contributed by atoms with Crippen molar-refractivity contribution in [2.45, 2.75) is 40.0 Å². The molecule has 0 aromatic heterocycles. The first-order chi connectivity index (χ1) is 6.58. The van der Waals surface area contributed by atoms with Gasteiger partial charge in [0.15, 0.2) is 0 Å². The van der Waals surface area contributed by atoms with Crippen molar-refractivity contribution in [3.63, 3.8) is 0 Å². The third kappa shape index (κ3) is 29.4. The molecule has 0 heterocycles. The van der Waals surface area contributed by atoms with Crippen molar-refractivity contribution in [2.75, 3.05) is 17.3 Å². The second kappa shape index (κ2) is 21.4. The third-order valence-corrected chi connectivity index (χ3v) is 4.44. The van der Waals surface area contributed by atoms with E-state index in [1.165, 1.54) is 36.5 Å². The van der Waals surface area contributed by atoms with Crippen LogP contribution in [0.5, 0.6) is 0 Å². The van der Waals surface area contributed by atoms with Crippen molar-refractivity contribution in [3.8, 4) is 0 Å². The Morgan fingerprint density at radius 2 is 1.12 bits per heavy atom. The molecule has 94 valence electrons. The van der Waals surface area contributed by atoms with Crippen molar-refractivity contribution >= 4 is 42.2 Å². The fourth-order valence-electron chi connectivity index (χ4n) is 1.17. The Hall–Kier alpha value is 1.10. The zero-order valence-corrected chi connectivity index (χ0v) is 13.6. The van der Waals surface area contributed by atoms with Crippen molar-refractivity contribution in [3.05, 3.63) is 0 Å². The summed E-state index contributed by atoms with van der Waals surface area (Å²) in [5.74, 6) is 4.42. The summed E-state index contributed by atoms with van der Waals surface area (Å²) in [4.78, 5) is 17.0. The van der Waals surface area contributed by atoms with Gasteiger partial charge in [-0.3, -0.25) is 0 Å². The Morgan fingerprint density at radius 1 is 0.938 bits per heavy atom. The van der Waals surface area contributed by atoms with E-state index in [1.807, 2.05) is 0 Å². The zero-order valence-electron chi connectivity index (χ0n) is 10.5. The molecule has 0 aromatic carbocycles. The second-order valence-corrected chi connectivity index (χ2v) is 5.85. The van der Waals surface area contributed by atoms with E-state index >= 15 is 0 Å². The van der Waals surface area contributed by atoms with Gasteiger partial charge in [-0.1, -0.05) is 25.3 Å². The Morgan fingerprint density at radius 3 is 1.25 bits per heavy atom. The molecule has 0 atom stereocenters. The predicted molar refractivity (Wildman–Crippen MR) is 68.1 cm³/mol. The van der Waals surface area contributed by atoms with Gasteiger partial charge in [0.05, 0.1) is 0 Å². The van der Waals surface area contributed by atoms with Crippen molar-refractivity contribution in [1.82, 2.24) is 0 Å². The van der Waals surface area contributed by atoms with E-state index in [0.29, 0.717) is 0 Å². The largest absolute Gasteiger partial charge is 2.00 e. The van der Waals surface area contributed by atoms with Gasteiger partial charge in [0.1, 0.15) is 17.3 Å². The van der Waals surface area contributed by atoms with Crippen LogP contribution >= 0.6 is 8.25 Å². The molecule has 0 aliphatic carbocycles. The molecule has 0 amide bonds. The Balaban J connectivity index is -0.000000105. The minimum atomic E-state index is -3.37. The maximum atomic E-state index is 8.48. The van der Waals surface area contributed by atoms with E-state index < -0.39 is 8.25 Å². The minimum absolute atomic E-state index is 0. The number of hydrogen-bond donors (Lipinski definition) is 0. The molecule has 4 nitrogen and oxygen atoms in total. The summed E-state index contributed by atoms with van der Waals surface area (Å²) in [6, 6.07) is 0. The van der Waals surface area contributed by atoms with Gasteiger partial charge in [-0.2, -0.15) is 0 Å². The summed E-state index contributed by atoms with van der Waals surface area (Å²) in [6.45, 7) is 6.89. The topological polar surface area (TPSA) is 93.2 Å². The van der Waals surface area contributed by atoms with Gasteiger partial charge in [-0.25, -0.2) is 0 Å². The Bertz CT molecular complexity index is 122. The molecule has 0 fully saturated rings. The molecule has 0 aliphatic heterocycles. The number of rotatable bonds is 6. The fourth-order valence-corrected chi connectivity index (χ4v) is 3.52. The van der Waals surface area contributed by atoms with Gasteiger partial charge in [-0.15, -0.1) is 0 Å². The standard InChI is InChI=1S/C9H21S.Mg.HO3P.H2O/c1-4-7-10(8-5-2)9-6-3;;1-4(2)3;/h4-9H2,1-3H3;;(H,1,2,3);1H2/q+1;+2;;/p-2. The summed E-state index contributed by atoms with van der Waals surface area (Å²) >= 11 is 0. The van der Waals surface area contributed by atoms with Crippen LogP contribution in [0.3, 0.4) is 0 Å². The monoisotopic (exact) mass is 281 g/mol. The average Bonchev–Trinajstić information content (AvgIpc) is 2.04. The van der Waals surface area contributed by atoms with Gasteiger partial charge in [-0.05, 0) is 30.2 Å². The molecule has 7 heteroatoms. The fraction of sp³-hybridized carbons (Fsp3) is 1.00. The molecule has 0 rings (SSSR count). The minimum Gasteiger partial charge on any atom is -0.870 e. The van der Waals surface area contributed by atoms with Crippen LogP contribution in [-0.2, 0) is 15.5 Å². The Kier molecular flexibility index (Phi) is 34.5. The molecule has 1 N–H and O–H groups in total. The molecule has 16 heavy (non-hydrogen) atoms. The maximum absolute atomic E-state index is 8.48. The van der Waals surface area contributed by atoms with Gasteiger partial charge in [0.2, 0.25) is 0 Å². The molecule has 0 unspecified atom stereocenters. The van der Waals surface area contributed by atoms with Gasteiger partial charge >= 0.3 is 23.1 Å². The SMILES string of the molecule is CCC[S+](CCC)CCC.O=[P+]([O-])[O-].[Mg+2].[OH-]. The quantitative estimate of drug-likeness (QED) is 0.406. The predicted octanol–water partition coefficient (Wildman–Crippen LogP) is 0.641. The van der Waals surface area contributed by atoms with E-state index in [0.717, 1.165) is 10.9 Å². The van der Waals surface area contributed by atoms with Crippen LogP contribution in [-0.4, -0.2) is 45.8 Å². The van der Waals surface area contributed by atoms with E-state index in [4.69, 9.17) is 14.4 Å². The summed E-state index contributed by atoms with van der Waals surface area (Å²) in [5, 5.41) is 0. The van der Waals surface area contributed by atoms with Crippen molar-refractivity contribution in [1.29, 1.82) is 0 Å². The van der Waals surface area contributed by atoms with Crippen LogP contribution in [0.4, 0.5) is 0 Å². The van der Waals surface area contributed by atoms with E-state index in [1.54, 1.807) is 0 Å². The molecule has 0 spiro atoms. The summed E-state index contributed by atoms with van der Waals surface area (Å²) in [5.41, 5.74) is 0. The first-order valence-corrected chi connectivity index (χ1v) is 7.86. The van der Waals surface area contributed by atoms with Crippen LogP contribution < -0.4 is 9.79 Å². The first-order valence-electron chi connectivity index (χ1n) is 5.04.